The number of methoxy groups -OCH3 is 1. The van der Waals surface area contributed by atoms with Crippen LogP contribution >= 0.6 is 0 Å². The Labute approximate surface area is 89.1 Å². The van der Waals surface area contributed by atoms with Crippen molar-refractivity contribution in [3.8, 4) is 0 Å². The molecule has 0 saturated heterocycles. The lowest BCUT2D eigenvalue weighted by atomic mass is 10.7. The Morgan fingerprint density at radius 1 is 1.38 bits per heavy atom. The van der Waals surface area contributed by atoms with Crippen LogP contribution in [0.4, 0.5) is 13.2 Å². The van der Waals surface area contributed by atoms with E-state index in [1.54, 1.807) is 0 Å². The summed E-state index contributed by atoms with van der Waals surface area (Å²) in [6, 6.07) is 0. The number of rotatable bonds is 4. The molecule has 0 aliphatic rings. The number of aliphatic carboxylic acids is 1. The fourth-order valence-corrected chi connectivity index (χ4v) is 0.298. The molecule has 0 aliphatic heterocycles. The number of carbonyl (C=O) groups is 2. The molecule has 9 heteroatoms. The van der Waals surface area contributed by atoms with Gasteiger partial charge in [0, 0.05) is 6.54 Å². The van der Waals surface area contributed by atoms with Gasteiger partial charge in [-0.05, 0) is 0 Å². The first-order valence-electron chi connectivity index (χ1n) is 3.90. The maximum atomic E-state index is 10.6. The van der Waals surface area contributed by atoms with Gasteiger partial charge in [0.1, 0.15) is 6.61 Å². The Balaban J connectivity index is 0. The van der Waals surface area contributed by atoms with Gasteiger partial charge in [-0.2, -0.15) is 13.2 Å². The van der Waals surface area contributed by atoms with E-state index in [0.29, 0.717) is 13.2 Å². The van der Waals surface area contributed by atoms with E-state index < -0.39 is 12.1 Å². The van der Waals surface area contributed by atoms with Gasteiger partial charge in [0.25, 0.3) is 0 Å². The number of carbonyl (C=O) groups excluding carboxylic acids is 1. The summed E-state index contributed by atoms with van der Waals surface area (Å²) in [6.07, 6.45) is -5.08. The van der Waals surface area contributed by atoms with Crippen molar-refractivity contribution in [2.24, 2.45) is 5.73 Å². The highest BCUT2D eigenvalue weighted by Gasteiger charge is 2.38. The molecule has 0 amide bonds. The Morgan fingerprint density at radius 2 is 1.81 bits per heavy atom. The molecular weight excluding hydrogens is 235 g/mol. The summed E-state index contributed by atoms with van der Waals surface area (Å²) in [5.74, 6) is -3.13. The minimum Gasteiger partial charge on any atom is -0.475 e. The first-order valence-corrected chi connectivity index (χ1v) is 3.90. The normalized spacial score (nSPS) is 10.1. The number of hydrogen-bond acceptors (Lipinski definition) is 5. The maximum Gasteiger partial charge on any atom is 0.490 e. The predicted octanol–water partition coefficient (Wildman–Crippen LogP) is -0.232. The smallest absolute Gasteiger partial charge is 0.475 e. The largest absolute Gasteiger partial charge is 0.490 e. The van der Waals surface area contributed by atoms with Crippen LogP contribution in [0.15, 0.2) is 0 Å². The van der Waals surface area contributed by atoms with Gasteiger partial charge in [0.05, 0.1) is 13.7 Å². The number of esters is 1. The van der Waals surface area contributed by atoms with Crippen LogP contribution in [0.3, 0.4) is 0 Å². The molecule has 0 unspecified atom stereocenters. The molecule has 6 nitrogen and oxygen atoms in total. The third-order valence-electron chi connectivity index (χ3n) is 0.952. The topological polar surface area (TPSA) is 98.9 Å². The molecule has 0 saturated carbocycles. The van der Waals surface area contributed by atoms with Crippen molar-refractivity contribution >= 4 is 11.9 Å². The summed E-state index contributed by atoms with van der Waals surface area (Å²) in [4.78, 5) is 19.2. The minimum atomic E-state index is -5.08. The van der Waals surface area contributed by atoms with Gasteiger partial charge < -0.3 is 20.3 Å². The zero-order chi connectivity index (χ0) is 13.2. The molecule has 16 heavy (non-hydrogen) atoms. The van der Waals surface area contributed by atoms with E-state index in [1.807, 2.05) is 0 Å². The van der Waals surface area contributed by atoms with Crippen molar-refractivity contribution in [3.63, 3.8) is 0 Å². The second kappa shape index (κ2) is 8.92. The summed E-state index contributed by atoms with van der Waals surface area (Å²) in [6.45, 7) is 0.819. The summed E-state index contributed by atoms with van der Waals surface area (Å²) < 4.78 is 40.8. The quantitative estimate of drug-likeness (QED) is 0.525. The zero-order valence-electron chi connectivity index (χ0n) is 8.41. The number of halogens is 3. The highest BCUT2D eigenvalue weighted by Crippen LogP contribution is 2.13. The monoisotopic (exact) mass is 247 g/mol. The number of alkyl halides is 3. The van der Waals surface area contributed by atoms with Gasteiger partial charge >= 0.3 is 18.1 Å². The molecule has 3 N–H and O–H groups in total. The van der Waals surface area contributed by atoms with Crippen LogP contribution in [0, 0.1) is 0 Å². The molecule has 0 atom stereocenters. The third kappa shape index (κ3) is 12.7. The van der Waals surface area contributed by atoms with E-state index in [1.165, 1.54) is 7.11 Å². The number of hydrogen-bond donors (Lipinski definition) is 2. The average molecular weight is 247 g/mol. The first kappa shape index (κ1) is 17.1. The minimum absolute atomic E-state index is 0.00625. The van der Waals surface area contributed by atoms with Crippen molar-refractivity contribution in [2.45, 2.75) is 6.18 Å². The lowest BCUT2D eigenvalue weighted by molar-refractivity contribution is -0.192. The van der Waals surface area contributed by atoms with E-state index in [-0.39, 0.29) is 12.6 Å². The van der Waals surface area contributed by atoms with Gasteiger partial charge in [-0.1, -0.05) is 0 Å². The molecule has 96 valence electrons. The van der Waals surface area contributed by atoms with Crippen LogP contribution < -0.4 is 5.73 Å². The molecule has 0 aliphatic carbocycles. The van der Waals surface area contributed by atoms with Gasteiger partial charge in [0.15, 0.2) is 0 Å². The lowest BCUT2D eigenvalue weighted by Crippen LogP contribution is -2.21. The molecule has 0 rings (SSSR count). The highest BCUT2D eigenvalue weighted by molar-refractivity contribution is 5.73. The van der Waals surface area contributed by atoms with Gasteiger partial charge in [-0.15, -0.1) is 0 Å². The van der Waals surface area contributed by atoms with E-state index in [0.717, 1.165) is 0 Å². The number of nitrogens with two attached hydrogens (primary N) is 1. The molecule has 0 radical (unpaired) electrons. The predicted molar refractivity (Wildman–Crippen MR) is 45.6 cm³/mol. The molecule has 0 aromatic rings. The van der Waals surface area contributed by atoms with Gasteiger partial charge in [-0.3, -0.25) is 0 Å². The van der Waals surface area contributed by atoms with E-state index >= 15 is 0 Å². The summed E-state index contributed by atoms with van der Waals surface area (Å²) in [5.41, 5.74) is 5.08. The zero-order valence-corrected chi connectivity index (χ0v) is 8.41. The van der Waals surface area contributed by atoms with Crippen LogP contribution in [0.5, 0.6) is 0 Å². The second-order valence-electron chi connectivity index (χ2n) is 2.22. The van der Waals surface area contributed by atoms with Gasteiger partial charge in [0.2, 0.25) is 0 Å². The van der Waals surface area contributed by atoms with E-state index in [9.17, 15) is 18.0 Å². The summed E-state index contributed by atoms with van der Waals surface area (Å²) >= 11 is 0. The number of ether oxygens (including phenoxy) is 2. The Bertz CT molecular complexity index is 219. The first-order chi connectivity index (χ1) is 7.25. The summed E-state index contributed by atoms with van der Waals surface area (Å²) in [7, 11) is 1.31. The van der Waals surface area contributed by atoms with Crippen LogP contribution in [0.1, 0.15) is 0 Å². The number of carboxylic acid groups (broad SMARTS) is 1. The fourth-order valence-electron chi connectivity index (χ4n) is 0.298. The van der Waals surface area contributed by atoms with Crippen molar-refractivity contribution in [3.05, 3.63) is 0 Å². The molecule has 0 bridgehead atoms. The van der Waals surface area contributed by atoms with Crippen LogP contribution in [0.2, 0.25) is 0 Å². The van der Waals surface area contributed by atoms with Crippen LogP contribution in [-0.4, -0.2) is 50.1 Å². The molecule has 0 heterocycles. The van der Waals surface area contributed by atoms with Crippen molar-refractivity contribution in [1.29, 1.82) is 0 Å². The molecular formula is C7H12F3NO5. The highest BCUT2D eigenvalue weighted by atomic mass is 19.4. The molecule has 0 fully saturated rings. The maximum absolute atomic E-state index is 10.6. The van der Waals surface area contributed by atoms with Crippen molar-refractivity contribution in [1.82, 2.24) is 0 Å². The second-order valence-corrected chi connectivity index (χ2v) is 2.22. The molecule has 0 aromatic heterocycles. The van der Waals surface area contributed by atoms with Crippen LogP contribution in [-0.2, 0) is 19.1 Å². The Hall–Kier alpha value is -1.35. The third-order valence-corrected chi connectivity index (χ3v) is 0.952. The fraction of sp³-hybridized carbons (Fsp3) is 0.714. The van der Waals surface area contributed by atoms with Crippen molar-refractivity contribution < 1.29 is 37.3 Å². The Morgan fingerprint density at radius 3 is 2.06 bits per heavy atom. The van der Waals surface area contributed by atoms with Crippen molar-refractivity contribution in [2.75, 3.05) is 26.9 Å². The SMILES string of the molecule is COC(=O)COCCN.O=C(O)C(F)(F)F. The standard InChI is InChI=1S/C5H11NO3.C2HF3O2/c1-8-5(7)4-9-3-2-6;3-2(4,5)1(6)7/h2-4,6H2,1H3;(H,6,7). The van der Waals surface area contributed by atoms with E-state index in [4.69, 9.17) is 20.4 Å². The van der Waals surface area contributed by atoms with E-state index in [2.05, 4.69) is 4.74 Å². The van der Waals surface area contributed by atoms with Crippen LogP contribution in [0.25, 0.3) is 0 Å². The summed E-state index contributed by atoms with van der Waals surface area (Å²) in [5, 5.41) is 7.12. The molecule has 0 aromatic carbocycles. The number of carboxylic acids is 1. The van der Waals surface area contributed by atoms with Gasteiger partial charge in [-0.25, -0.2) is 9.59 Å². The average Bonchev–Trinajstić information content (AvgIpc) is 2.17. The molecule has 0 spiro atoms. The lowest BCUT2D eigenvalue weighted by Gasteiger charge is -1.98. The Kier molecular flexibility index (Phi) is 9.51.